The number of carbonyl (C=O) groups excluding carboxylic acids is 1. The van der Waals surface area contributed by atoms with Gasteiger partial charge in [-0.25, -0.2) is 4.98 Å². The molecule has 94 valence electrons. The first-order valence-corrected chi connectivity index (χ1v) is 5.63. The van der Waals surface area contributed by atoms with E-state index in [4.69, 9.17) is 11.6 Å². The number of hydrogen-bond acceptors (Lipinski definition) is 5. The Labute approximate surface area is 106 Å². The molecule has 6 heteroatoms. The highest BCUT2D eigenvalue weighted by atomic mass is 35.5. The summed E-state index contributed by atoms with van der Waals surface area (Å²) in [5.41, 5.74) is 0.814. The van der Waals surface area contributed by atoms with Crippen LogP contribution < -0.4 is 0 Å². The minimum absolute atomic E-state index is 0.162. The van der Waals surface area contributed by atoms with Gasteiger partial charge in [0.1, 0.15) is 5.15 Å². The Kier molecular flexibility index (Phi) is 5.31. The number of carbonyl (C=O) groups is 1. The summed E-state index contributed by atoms with van der Waals surface area (Å²) in [4.78, 5) is 21.3. The molecule has 1 unspecified atom stereocenters. The maximum Gasteiger partial charge on any atom is 0.309 e. The maximum absolute atomic E-state index is 11.3. The second-order valence-electron chi connectivity index (χ2n) is 3.95. The lowest BCUT2D eigenvalue weighted by molar-refractivity contribution is -0.145. The van der Waals surface area contributed by atoms with Gasteiger partial charge in [-0.3, -0.25) is 14.7 Å². The lowest BCUT2D eigenvalue weighted by Gasteiger charge is -2.19. The van der Waals surface area contributed by atoms with E-state index in [1.807, 2.05) is 18.9 Å². The van der Waals surface area contributed by atoms with Crippen molar-refractivity contribution >= 4 is 17.6 Å². The Bertz CT molecular complexity index is 369. The summed E-state index contributed by atoms with van der Waals surface area (Å²) < 4.78 is 4.67. The summed E-state index contributed by atoms with van der Waals surface area (Å²) in [7, 11) is 3.30. The Morgan fingerprint density at radius 2 is 2.24 bits per heavy atom. The lowest BCUT2D eigenvalue weighted by Crippen LogP contribution is -2.29. The average molecular weight is 258 g/mol. The third-order valence-corrected chi connectivity index (χ3v) is 2.49. The largest absolute Gasteiger partial charge is 0.469 e. The second-order valence-corrected chi connectivity index (χ2v) is 4.34. The van der Waals surface area contributed by atoms with Crippen LogP contribution in [-0.4, -0.2) is 41.5 Å². The van der Waals surface area contributed by atoms with Crippen LogP contribution in [0.2, 0.25) is 5.15 Å². The SMILES string of the molecule is COC(=O)C(C)CN(C)Cc1cnc(Cl)cn1. The second kappa shape index (κ2) is 6.51. The molecule has 0 saturated carbocycles. The predicted molar refractivity (Wildman–Crippen MR) is 64.6 cm³/mol. The standard InChI is InChI=1S/C11H16ClN3O2/c1-8(11(16)17-3)6-15(2)7-9-4-14-10(12)5-13-9/h4-5,8H,6-7H2,1-3H3. The van der Waals surface area contributed by atoms with Crippen molar-refractivity contribution in [2.24, 2.45) is 5.92 Å². The van der Waals surface area contributed by atoms with Crippen molar-refractivity contribution in [3.63, 3.8) is 0 Å². The van der Waals surface area contributed by atoms with Gasteiger partial charge < -0.3 is 4.74 Å². The van der Waals surface area contributed by atoms with E-state index >= 15 is 0 Å². The van der Waals surface area contributed by atoms with Gasteiger partial charge >= 0.3 is 5.97 Å². The van der Waals surface area contributed by atoms with Crippen LogP contribution in [0.25, 0.3) is 0 Å². The number of ether oxygens (including phenoxy) is 1. The Morgan fingerprint density at radius 1 is 1.53 bits per heavy atom. The van der Waals surface area contributed by atoms with Crippen LogP contribution in [0.15, 0.2) is 12.4 Å². The molecule has 0 N–H and O–H groups in total. The number of rotatable bonds is 5. The molecule has 0 saturated heterocycles. The Balaban J connectivity index is 2.46. The van der Waals surface area contributed by atoms with Crippen molar-refractivity contribution in [2.75, 3.05) is 20.7 Å². The van der Waals surface area contributed by atoms with Crippen LogP contribution in [0.1, 0.15) is 12.6 Å². The van der Waals surface area contributed by atoms with Crippen molar-refractivity contribution in [1.29, 1.82) is 0 Å². The highest BCUT2D eigenvalue weighted by Gasteiger charge is 2.15. The zero-order chi connectivity index (χ0) is 12.8. The molecule has 1 heterocycles. The predicted octanol–water partition coefficient (Wildman–Crippen LogP) is 1.37. The molecule has 17 heavy (non-hydrogen) atoms. The van der Waals surface area contributed by atoms with Gasteiger partial charge in [0.15, 0.2) is 0 Å². The number of nitrogens with zero attached hydrogens (tertiary/aromatic N) is 3. The molecule has 0 aliphatic rings. The summed E-state index contributed by atoms with van der Waals surface area (Å²) in [6.45, 7) is 3.05. The van der Waals surface area contributed by atoms with Crippen LogP contribution in [-0.2, 0) is 16.1 Å². The highest BCUT2D eigenvalue weighted by molar-refractivity contribution is 6.29. The van der Waals surface area contributed by atoms with Crippen LogP contribution >= 0.6 is 11.6 Å². The molecule has 1 rings (SSSR count). The van der Waals surface area contributed by atoms with Gasteiger partial charge in [0.05, 0.1) is 31.1 Å². The summed E-state index contributed by atoms with van der Waals surface area (Å²) in [6.07, 6.45) is 3.14. The van der Waals surface area contributed by atoms with Gasteiger partial charge in [0.25, 0.3) is 0 Å². The van der Waals surface area contributed by atoms with Gasteiger partial charge in [-0.05, 0) is 7.05 Å². The zero-order valence-corrected chi connectivity index (χ0v) is 10.9. The molecule has 0 radical (unpaired) electrons. The van der Waals surface area contributed by atoms with Crippen molar-refractivity contribution < 1.29 is 9.53 Å². The van der Waals surface area contributed by atoms with Gasteiger partial charge in [0, 0.05) is 13.1 Å². The van der Waals surface area contributed by atoms with E-state index in [0.717, 1.165) is 5.69 Å². The fourth-order valence-corrected chi connectivity index (χ4v) is 1.60. The number of aromatic nitrogens is 2. The highest BCUT2D eigenvalue weighted by Crippen LogP contribution is 2.06. The molecular formula is C11H16ClN3O2. The van der Waals surface area contributed by atoms with E-state index in [2.05, 4.69) is 14.7 Å². The fraction of sp³-hybridized carbons (Fsp3) is 0.545. The molecule has 0 aliphatic carbocycles. The molecule has 0 bridgehead atoms. The monoisotopic (exact) mass is 257 g/mol. The molecule has 1 aromatic heterocycles. The number of methoxy groups -OCH3 is 1. The van der Waals surface area contributed by atoms with E-state index in [1.165, 1.54) is 13.3 Å². The maximum atomic E-state index is 11.3. The van der Waals surface area contributed by atoms with Crippen molar-refractivity contribution in [2.45, 2.75) is 13.5 Å². The van der Waals surface area contributed by atoms with Crippen molar-refractivity contribution in [3.8, 4) is 0 Å². The van der Waals surface area contributed by atoms with Crippen molar-refractivity contribution in [3.05, 3.63) is 23.2 Å². The van der Waals surface area contributed by atoms with Gasteiger partial charge in [-0.1, -0.05) is 18.5 Å². The minimum atomic E-state index is -0.209. The van der Waals surface area contributed by atoms with Gasteiger partial charge in [-0.2, -0.15) is 0 Å². The first-order valence-electron chi connectivity index (χ1n) is 5.25. The van der Waals surface area contributed by atoms with E-state index in [-0.39, 0.29) is 11.9 Å². The molecular weight excluding hydrogens is 242 g/mol. The number of hydrogen-bond donors (Lipinski definition) is 0. The molecule has 1 aromatic rings. The molecule has 0 fully saturated rings. The number of esters is 1. The molecule has 0 aliphatic heterocycles. The first-order chi connectivity index (χ1) is 8.02. The molecule has 0 aromatic carbocycles. The normalized spacial score (nSPS) is 12.5. The van der Waals surface area contributed by atoms with E-state index in [1.54, 1.807) is 6.20 Å². The average Bonchev–Trinajstić information content (AvgIpc) is 2.30. The van der Waals surface area contributed by atoms with E-state index in [9.17, 15) is 4.79 Å². The summed E-state index contributed by atoms with van der Waals surface area (Å²) in [5.74, 6) is -0.371. The Morgan fingerprint density at radius 3 is 2.76 bits per heavy atom. The first kappa shape index (κ1) is 13.9. The van der Waals surface area contributed by atoms with Crippen LogP contribution in [0, 0.1) is 5.92 Å². The topological polar surface area (TPSA) is 55.3 Å². The third kappa shape index (κ3) is 4.66. The third-order valence-electron chi connectivity index (χ3n) is 2.29. The molecule has 5 nitrogen and oxygen atoms in total. The summed E-state index contributed by atoms with van der Waals surface area (Å²) in [5, 5.41) is 0.374. The van der Waals surface area contributed by atoms with E-state index in [0.29, 0.717) is 18.2 Å². The summed E-state index contributed by atoms with van der Waals surface area (Å²) >= 11 is 5.64. The quantitative estimate of drug-likeness (QED) is 0.746. The lowest BCUT2D eigenvalue weighted by atomic mass is 10.2. The molecule has 1 atom stereocenters. The van der Waals surface area contributed by atoms with Crippen LogP contribution in [0.5, 0.6) is 0 Å². The fourth-order valence-electron chi connectivity index (χ4n) is 1.50. The van der Waals surface area contributed by atoms with Crippen LogP contribution in [0.3, 0.4) is 0 Å². The number of halogens is 1. The Hall–Kier alpha value is -1.20. The van der Waals surface area contributed by atoms with Gasteiger partial charge in [-0.15, -0.1) is 0 Å². The molecule has 0 spiro atoms. The van der Waals surface area contributed by atoms with E-state index < -0.39 is 0 Å². The minimum Gasteiger partial charge on any atom is -0.469 e. The smallest absolute Gasteiger partial charge is 0.309 e. The van der Waals surface area contributed by atoms with Crippen molar-refractivity contribution in [1.82, 2.24) is 14.9 Å². The summed E-state index contributed by atoms with van der Waals surface area (Å²) in [6, 6.07) is 0. The van der Waals surface area contributed by atoms with Gasteiger partial charge in [0.2, 0.25) is 0 Å². The zero-order valence-electron chi connectivity index (χ0n) is 10.2. The van der Waals surface area contributed by atoms with Crippen LogP contribution in [0.4, 0.5) is 0 Å². The molecule has 0 amide bonds.